The van der Waals surface area contributed by atoms with E-state index in [4.69, 9.17) is 11.6 Å². The number of pyridine rings is 1. The number of aryl methyl sites for hydroxylation is 1. The molecule has 1 atom stereocenters. The number of amides is 1. The van der Waals surface area contributed by atoms with Gasteiger partial charge in [-0.05, 0) is 31.4 Å². The molecule has 0 fully saturated rings. The summed E-state index contributed by atoms with van der Waals surface area (Å²) in [6, 6.07) is 3.32. The van der Waals surface area contributed by atoms with Gasteiger partial charge >= 0.3 is 0 Å². The van der Waals surface area contributed by atoms with Gasteiger partial charge in [-0.3, -0.25) is 9.48 Å². The monoisotopic (exact) mass is 290 g/mol. The lowest BCUT2D eigenvalue weighted by molar-refractivity contribution is 0.0932. The minimum atomic E-state index is -0.129. The van der Waals surface area contributed by atoms with Crippen molar-refractivity contribution in [3.05, 3.63) is 46.5 Å². The molecule has 2 aromatic rings. The molecule has 3 rings (SSSR count). The van der Waals surface area contributed by atoms with Crippen molar-refractivity contribution in [1.82, 2.24) is 20.1 Å². The molecule has 1 N–H and O–H groups in total. The van der Waals surface area contributed by atoms with Crippen LogP contribution in [0.25, 0.3) is 0 Å². The van der Waals surface area contributed by atoms with Crippen molar-refractivity contribution in [2.75, 3.05) is 0 Å². The van der Waals surface area contributed by atoms with E-state index in [0.29, 0.717) is 10.7 Å². The van der Waals surface area contributed by atoms with Crippen LogP contribution in [-0.4, -0.2) is 20.7 Å². The lowest BCUT2D eigenvalue weighted by Gasteiger charge is -2.23. The molecule has 0 radical (unpaired) electrons. The number of halogens is 1. The van der Waals surface area contributed by atoms with Crippen LogP contribution in [0.4, 0.5) is 0 Å². The standard InChI is InChI=1S/C14H15ClN4O/c1-19-12-4-2-3-11(10(12)8-17-19)18-14(20)9-5-6-13(15)16-7-9/h5-8,11H,2-4H2,1H3,(H,18,20). The highest BCUT2D eigenvalue weighted by molar-refractivity contribution is 6.29. The van der Waals surface area contributed by atoms with Crippen LogP contribution in [0.2, 0.25) is 5.15 Å². The van der Waals surface area contributed by atoms with E-state index in [2.05, 4.69) is 15.4 Å². The highest BCUT2D eigenvalue weighted by atomic mass is 35.5. The molecule has 0 spiro atoms. The maximum Gasteiger partial charge on any atom is 0.253 e. The molecule has 0 bridgehead atoms. The number of fused-ring (bicyclic) bond motifs is 1. The molecule has 1 unspecified atom stereocenters. The lowest BCUT2D eigenvalue weighted by Crippen LogP contribution is -2.31. The number of nitrogens with one attached hydrogen (secondary N) is 1. The maximum atomic E-state index is 12.2. The molecule has 5 nitrogen and oxygen atoms in total. The molecule has 0 aliphatic heterocycles. The van der Waals surface area contributed by atoms with Gasteiger partial charge in [0, 0.05) is 24.5 Å². The fourth-order valence-electron chi connectivity index (χ4n) is 2.61. The highest BCUT2D eigenvalue weighted by Crippen LogP contribution is 2.29. The Kier molecular flexibility index (Phi) is 3.44. The van der Waals surface area contributed by atoms with E-state index in [9.17, 15) is 4.79 Å². The van der Waals surface area contributed by atoms with Gasteiger partial charge in [0.15, 0.2) is 0 Å². The van der Waals surface area contributed by atoms with Crippen molar-refractivity contribution >= 4 is 17.5 Å². The summed E-state index contributed by atoms with van der Waals surface area (Å²) in [6.07, 6.45) is 6.34. The van der Waals surface area contributed by atoms with Gasteiger partial charge in [0.1, 0.15) is 5.15 Å². The number of rotatable bonds is 2. The van der Waals surface area contributed by atoms with Crippen molar-refractivity contribution in [3.63, 3.8) is 0 Å². The van der Waals surface area contributed by atoms with Crippen LogP contribution in [0, 0.1) is 0 Å². The fraction of sp³-hybridized carbons (Fsp3) is 0.357. The van der Waals surface area contributed by atoms with Gasteiger partial charge in [0.05, 0.1) is 17.8 Å². The van der Waals surface area contributed by atoms with E-state index in [-0.39, 0.29) is 11.9 Å². The fourth-order valence-corrected chi connectivity index (χ4v) is 2.72. The summed E-state index contributed by atoms with van der Waals surface area (Å²) < 4.78 is 1.89. The van der Waals surface area contributed by atoms with Crippen LogP contribution < -0.4 is 5.32 Å². The van der Waals surface area contributed by atoms with Gasteiger partial charge in [0.2, 0.25) is 0 Å². The zero-order valence-electron chi connectivity index (χ0n) is 11.1. The van der Waals surface area contributed by atoms with Crippen molar-refractivity contribution in [2.45, 2.75) is 25.3 Å². The third-order valence-electron chi connectivity index (χ3n) is 3.67. The number of carbonyl (C=O) groups is 1. The van der Waals surface area contributed by atoms with Crippen molar-refractivity contribution in [1.29, 1.82) is 0 Å². The van der Waals surface area contributed by atoms with Crippen molar-refractivity contribution < 1.29 is 4.79 Å². The van der Waals surface area contributed by atoms with Crippen molar-refractivity contribution in [3.8, 4) is 0 Å². The number of aromatic nitrogens is 3. The second kappa shape index (κ2) is 5.25. The summed E-state index contributed by atoms with van der Waals surface area (Å²) in [7, 11) is 1.94. The number of nitrogens with zero attached hydrogens (tertiary/aromatic N) is 3. The lowest BCUT2D eigenvalue weighted by atomic mass is 9.93. The Morgan fingerprint density at radius 2 is 2.30 bits per heavy atom. The predicted molar refractivity (Wildman–Crippen MR) is 75.6 cm³/mol. The van der Waals surface area contributed by atoms with Crippen LogP contribution in [0.1, 0.15) is 40.5 Å². The van der Waals surface area contributed by atoms with Gasteiger partial charge < -0.3 is 5.32 Å². The summed E-state index contributed by atoms with van der Waals surface area (Å²) in [4.78, 5) is 16.1. The molecule has 0 aromatic carbocycles. The van der Waals surface area contributed by atoms with Crippen LogP contribution in [-0.2, 0) is 13.5 Å². The normalized spacial score (nSPS) is 17.6. The molecule has 104 valence electrons. The molecule has 6 heteroatoms. The molecule has 0 saturated carbocycles. The molecule has 1 aliphatic carbocycles. The van der Waals surface area contributed by atoms with Crippen LogP contribution in [0.5, 0.6) is 0 Å². The Hall–Kier alpha value is -1.88. The minimum absolute atomic E-state index is 0.0237. The summed E-state index contributed by atoms with van der Waals surface area (Å²) in [5.41, 5.74) is 2.84. The minimum Gasteiger partial charge on any atom is -0.345 e. The van der Waals surface area contributed by atoms with Crippen LogP contribution in [0.15, 0.2) is 24.5 Å². The van der Waals surface area contributed by atoms with Crippen LogP contribution in [0.3, 0.4) is 0 Å². The van der Waals surface area contributed by atoms with Gasteiger partial charge in [0.25, 0.3) is 5.91 Å². The summed E-state index contributed by atoms with van der Waals surface area (Å²) in [5.74, 6) is -0.129. The van der Waals surface area contributed by atoms with Gasteiger partial charge in [-0.1, -0.05) is 11.6 Å². The Labute approximate surface area is 122 Å². The summed E-state index contributed by atoms with van der Waals surface area (Å²) in [6.45, 7) is 0. The molecule has 2 heterocycles. The van der Waals surface area contributed by atoms with Gasteiger partial charge in [-0.2, -0.15) is 5.10 Å². The van der Waals surface area contributed by atoms with E-state index in [1.54, 1.807) is 12.1 Å². The molecule has 20 heavy (non-hydrogen) atoms. The topological polar surface area (TPSA) is 59.8 Å². The Balaban J connectivity index is 1.78. The Morgan fingerprint density at radius 3 is 3.05 bits per heavy atom. The number of hydrogen-bond acceptors (Lipinski definition) is 3. The molecular weight excluding hydrogens is 276 g/mol. The SMILES string of the molecule is Cn1ncc2c1CCCC2NC(=O)c1ccc(Cl)nc1. The first-order valence-corrected chi connectivity index (χ1v) is 6.96. The number of carbonyl (C=O) groups excluding carboxylic acids is 1. The Morgan fingerprint density at radius 1 is 1.45 bits per heavy atom. The molecule has 2 aromatic heterocycles. The molecule has 1 aliphatic rings. The predicted octanol–water partition coefficient (Wildman–Crippen LogP) is 2.28. The van der Waals surface area contributed by atoms with E-state index in [1.165, 1.54) is 11.9 Å². The average Bonchev–Trinajstić information content (AvgIpc) is 2.82. The third kappa shape index (κ3) is 2.41. The zero-order valence-corrected chi connectivity index (χ0v) is 11.9. The second-order valence-corrected chi connectivity index (χ2v) is 5.35. The van der Waals surface area contributed by atoms with Gasteiger partial charge in [-0.25, -0.2) is 4.98 Å². The maximum absolute atomic E-state index is 12.2. The third-order valence-corrected chi connectivity index (χ3v) is 3.89. The van der Waals surface area contributed by atoms with Crippen molar-refractivity contribution in [2.24, 2.45) is 7.05 Å². The highest BCUT2D eigenvalue weighted by Gasteiger charge is 2.25. The zero-order chi connectivity index (χ0) is 14.1. The van der Waals surface area contributed by atoms with E-state index in [0.717, 1.165) is 24.8 Å². The van der Waals surface area contributed by atoms with Gasteiger partial charge in [-0.15, -0.1) is 0 Å². The quantitative estimate of drug-likeness (QED) is 0.863. The molecule has 1 amide bonds. The summed E-state index contributed by atoms with van der Waals surface area (Å²) in [5, 5.41) is 7.71. The van der Waals surface area contributed by atoms with E-state index < -0.39 is 0 Å². The first-order valence-electron chi connectivity index (χ1n) is 6.58. The largest absolute Gasteiger partial charge is 0.345 e. The first-order chi connectivity index (χ1) is 9.65. The average molecular weight is 291 g/mol. The first kappa shape index (κ1) is 13.1. The molecular formula is C14H15ClN4O. The smallest absolute Gasteiger partial charge is 0.253 e. The second-order valence-electron chi connectivity index (χ2n) is 4.96. The number of hydrogen-bond donors (Lipinski definition) is 1. The van der Waals surface area contributed by atoms with E-state index >= 15 is 0 Å². The molecule has 0 saturated heterocycles. The summed E-state index contributed by atoms with van der Waals surface area (Å²) >= 11 is 5.72. The van der Waals surface area contributed by atoms with Crippen LogP contribution >= 0.6 is 11.6 Å². The van der Waals surface area contributed by atoms with E-state index in [1.807, 2.05) is 17.9 Å². The Bertz CT molecular complexity index is 635.